The van der Waals surface area contributed by atoms with Crippen molar-refractivity contribution in [2.75, 3.05) is 0 Å². The summed E-state index contributed by atoms with van der Waals surface area (Å²) in [6.45, 7) is 0. The summed E-state index contributed by atoms with van der Waals surface area (Å²) in [4.78, 5) is 3.03. The van der Waals surface area contributed by atoms with Crippen LogP contribution in [0.15, 0.2) is 4.99 Å². The van der Waals surface area contributed by atoms with Gasteiger partial charge in [0.2, 0.25) is 0 Å². The first-order valence-corrected chi connectivity index (χ1v) is 1.95. The fourth-order valence-corrected chi connectivity index (χ4v) is 0.128. The molecule has 0 amide bonds. The molecule has 0 aromatic heterocycles. The lowest BCUT2D eigenvalue weighted by Gasteiger charge is -1.80. The Labute approximate surface area is 46.2 Å². The van der Waals surface area contributed by atoms with Crippen LogP contribution in [0.4, 0.5) is 0 Å². The lowest BCUT2D eigenvalue weighted by atomic mass is 11.3. The number of hydrogen-bond acceptors (Lipinski definition) is 1. The van der Waals surface area contributed by atoms with Crippen molar-refractivity contribution in [3.63, 3.8) is 0 Å². The molecule has 0 aliphatic rings. The second-order valence-electron chi connectivity index (χ2n) is 0.494. The van der Waals surface area contributed by atoms with Crippen molar-refractivity contribution >= 4 is 35.2 Å². The lowest BCUT2D eigenvalue weighted by molar-refractivity contribution is 1.90. The largest absolute Gasteiger partial charge is 0.422 e. The minimum absolute atomic E-state index is 0.0810. The highest BCUT2D eigenvalue weighted by molar-refractivity contribution is 8.11. The van der Waals surface area contributed by atoms with Crippen LogP contribution in [-0.4, -0.2) is 10.3 Å². The molecule has 0 rings (SSSR count). The molecule has 0 atom stereocenters. The molecule has 0 aliphatic heterocycles. The third-order valence-electron chi connectivity index (χ3n) is 0.146. The van der Waals surface area contributed by atoms with Gasteiger partial charge in [-0.1, -0.05) is 12.2 Å². The number of nitrogens with zero attached hydrogens (tertiary/aromatic N) is 2. The molecule has 0 N–H and O–H groups in total. The highest BCUT2D eigenvalue weighted by atomic mass is 32.1. The van der Waals surface area contributed by atoms with Gasteiger partial charge < -0.3 is 10.4 Å². The lowest BCUT2D eigenvalue weighted by Crippen LogP contribution is -1.65. The van der Waals surface area contributed by atoms with E-state index in [1.165, 1.54) is 6.01 Å². The Morgan fingerprint density at radius 1 is 2.00 bits per heavy atom. The van der Waals surface area contributed by atoms with E-state index in [-0.39, 0.29) is 4.32 Å². The zero-order chi connectivity index (χ0) is 4.99. The Kier molecular flexibility index (Phi) is 2.94. The van der Waals surface area contributed by atoms with Crippen molar-refractivity contribution < 1.29 is 0 Å². The van der Waals surface area contributed by atoms with Gasteiger partial charge in [0.15, 0.2) is 0 Å². The molecule has 0 aromatic carbocycles. The van der Waals surface area contributed by atoms with E-state index in [4.69, 9.17) is 5.41 Å². The topological polar surface area (TPSA) is 34.7 Å². The molecule has 0 saturated heterocycles. The van der Waals surface area contributed by atoms with Gasteiger partial charge in [0, 0.05) is 0 Å². The SMILES string of the molecule is [N-]=C=NC(=S)S. The Balaban J connectivity index is 3.60. The molecule has 0 saturated carbocycles. The van der Waals surface area contributed by atoms with Crippen LogP contribution in [0.1, 0.15) is 0 Å². The predicted molar refractivity (Wildman–Crippen MR) is 32.4 cm³/mol. The third-order valence-corrected chi connectivity index (χ3v) is 0.337. The molecular formula is C2HN2S2-. The van der Waals surface area contributed by atoms with Crippen molar-refractivity contribution in [2.24, 2.45) is 4.99 Å². The summed E-state index contributed by atoms with van der Waals surface area (Å²) >= 11 is 7.79. The normalized spacial score (nSPS) is 6.17. The fraction of sp³-hybridized carbons (Fsp3) is 0. The van der Waals surface area contributed by atoms with Gasteiger partial charge in [0.05, 0.1) is 4.32 Å². The summed E-state index contributed by atoms with van der Waals surface area (Å²) in [5.74, 6) is 0. The van der Waals surface area contributed by atoms with Gasteiger partial charge in [0.25, 0.3) is 0 Å². The maximum Gasteiger partial charge on any atom is 0.0608 e. The van der Waals surface area contributed by atoms with Gasteiger partial charge in [0.1, 0.15) is 0 Å². The van der Waals surface area contributed by atoms with Gasteiger partial charge in [-0.25, -0.2) is 0 Å². The monoisotopic (exact) mass is 117 g/mol. The van der Waals surface area contributed by atoms with Gasteiger partial charge in [-0.15, -0.1) is 18.6 Å². The fourth-order valence-electron chi connectivity index (χ4n) is 0.0428. The van der Waals surface area contributed by atoms with E-state index in [2.05, 4.69) is 29.8 Å². The highest BCUT2D eigenvalue weighted by Gasteiger charge is 1.57. The van der Waals surface area contributed by atoms with E-state index in [1.54, 1.807) is 0 Å². The first kappa shape index (κ1) is 5.82. The van der Waals surface area contributed by atoms with Crippen molar-refractivity contribution in [3.8, 4) is 0 Å². The molecule has 4 heteroatoms. The summed E-state index contributed by atoms with van der Waals surface area (Å²) in [6.07, 6.45) is 0. The second kappa shape index (κ2) is 3.03. The van der Waals surface area contributed by atoms with Crippen molar-refractivity contribution in [2.45, 2.75) is 0 Å². The van der Waals surface area contributed by atoms with Crippen LogP contribution in [0.25, 0.3) is 5.41 Å². The maximum atomic E-state index is 7.68. The second-order valence-corrected chi connectivity index (χ2v) is 1.61. The van der Waals surface area contributed by atoms with Gasteiger partial charge in [-0.05, 0) is 0 Å². The van der Waals surface area contributed by atoms with Crippen LogP contribution in [0.2, 0.25) is 0 Å². The van der Waals surface area contributed by atoms with E-state index in [0.717, 1.165) is 0 Å². The number of thiocarbonyl (C=S) groups is 1. The third kappa shape index (κ3) is 3.82. The average Bonchev–Trinajstić information content (AvgIpc) is 1.35. The van der Waals surface area contributed by atoms with Crippen LogP contribution in [0.5, 0.6) is 0 Å². The summed E-state index contributed by atoms with van der Waals surface area (Å²) in [5, 5.41) is 7.68. The van der Waals surface area contributed by atoms with Crippen LogP contribution >= 0.6 is 24.8 Å². The molecule has 0 aliphatic carbocycles. The van der Waals surface area contributed by atoms with E-state index >= 15 is 0 Å². The Hall–Kier alpha value is -0.180. The summed E-state index contributed by atoms with van der Waals surface area (Å²) < 4.78 is 0.0810. The Bertz CT molecular complexity index is 102. The standard InChI is InChI=1S/C2HN2S2/c3-1-4-2(5)6/h(H,5,6)/q-1. The smallest absolute Gasteiger partial charge is 0.0608 e. The van der Waals surface area contributed by atoms with Crippen molar-refractivity contribution in [3.05, 3.63) is 5.41 Å². The molecule has 0 aromatic rings. The number of thiol groups is 1. The van der Waals surface area contributed by atoms with Gasteiger partial charge >= 0.3 is 0 Å². The van der Waals surface area contributed by atoms with Crippen LogP contribution in [0, 0.1) is 0 Å². The maximum absolute atomic E-state index is 7.68. The molecule has 0 bridgehead atoms. The summed E-state index contributed by atoms with van der Waals surface area (Å²) in [7, 11) is 0. The first-order valence-electron chi connectivity index (χ1n) is 1.10. The molecule has 0 fully saturated rings. The average molecular weight is 117 g/mol. The highest BCUT2D eigenvalue weighted by Crippen LogP contribution is 1.79. The van der Waals surface area contributed by atoms with Crippen LogP contribution < -0.4 is 0 Å². The van der Waals surface area contributed by atoms with Gasteiger partial charge in [-0.3, -0.25) is 0 Å². The van der Waals surface area contributed by atoms with Crippen molar-refractivity contribution in [1.82, 2.24) is 0 Å². The van der Waals surface area contributed by atoms with Gasteiger partial charge in [-0.2, -0.15) is 0 Å². The predicted octanol–water partition coefficient (Wildman–Crippen LogP) is 0.944. The van der Waals surface area contributed by atoms with E-state index in [9.17, 15) is 0 Å². The number of rotatable bonds is 0. The molecular weight excluding hydrogens is 116 g/mol. The zero-order valence-electron chi connectivity index (χ0n) is 2.75. The van der Waals surface area contributed by atoms with Crippen molar-refractivity contribution in [1.29, 1.82) is 0 Å². The van der Waals surface area contributed by atoms with E-state index in [1.807, 2.05) is 0 Å². The Morgan fingerprint density at radius 2 is 2.50 bits per heavy atom. The summed E-state index contributed by atoms with van der Waals surface area (Å²) in [5.41, 5.74) is 0. The zero-order valence-corrected chi connectivity index (χ0v) is 4.46. The van der Waals surface area contributed by atoms with E-state index < -0.39 is 0 Å². The van der Waals surface area contributed by atoms with E-state index in [0.29, 0.717) is 0 Å². The molecule has 2 nitrogen and oxygen atoms in total. The molecule has 0 radical (unpaired) electrons. The molecule has 0 heterocycles. The number of hydrogen-bond donors (Lipinski definition) is 1. The molecule has 0 spiro atoms. The van der Waals surface area contributed by atoms with Crippen LogP contribution in [0.3, 0.4) is 0 Å². The Morgan fingerprint density at radius 3 is 2.50 bits per heavy atom. The molecule has 32 valence electrons. The first-order chi connectivity index (χ1) is 2.77. The van der Waals surface area contributed by atoms with Crippen LogP contribution in [-0.2, 0) is 0 Å². The number of aliphatic imine (C=N–C) groups is 1. The molecule has 0 unspecified atom stereocenters. The minimum Gasteiger partial charge on any atom is -0.422 e. The quantitative estimate of drug-likeness (QED) is 0.286. The minimum atomic E-state index is 0.0810. The summed E-state index contributed by atoms with van der Waals surface area (Å²) in [6, 6.07) is 1.47. The molecule has 6 heavy (non-hydrogen) atoms.